The van der Waals surface area contributed by atoms with Crippen molar-refractivity contribution < 1.29 is 0 Å². The van der Waals surface area contributed by atoms with Crippen LogP contribution in [0.2, 0.25) is 0 Å². The summed E-state index contributed by atoms with van der Waals surface area (Å²) in [6.45, 7) is 12.0. The minimum absolute atomic E-state index is 0.336. The lowest BCUT2D eigenvalue weighted by molar-refractivity contribution is 0.331. The molecule has 0 radical (unpaired) electrons. The molecule has 164 valence electrons. The van der Waals surface area contributed by atoms with Crippen molar-refractivity contribution in [1.29, 1.82) is 0 Å². The van der Waals surface area contributed by atoms with Crippen molar-refractivity contribution in [3.63, 3.8) is 0 Å². The number of hydrogen-bond donors (Lipinski definition) is 2. The molecule has 5 rings (SSSR count). The van der Waals surface area contributed by atoms with Crippen molar-refractivity contribution in [2.45, 2.75) is 39.3 Å². The second kappa shape index (κ2) is 8.63. The molecular formula is C26H30N6. The maximum atomic E-state index is 4.53. The van der Waals surface area contributed by atoms with Crippen LogP contribution in [-0.2, 0) is 6.54 Å². The van der Waals surface area contributed by atoms with Crippen molar-refractivity contribution in [2.75, 3.05) is 18.4 Å². The zero-order valence-corrected chi connectivity index (χ0v) is 18.8. The van der Waals surface area contributed by atoms with Crippen LogP contribution in [0.4, 0.5) is 5.69 Å². The zero-order chi connectivity index (χ0) is 22.1. The number of H-pyrrole nitrogens is 1. The quantitative estimate of drug-likeness (QED) is 0.399. The lowest BCUT2D eigenvalue weighted by atomic mass is 10.1. The molecule has 0 bridgehead atoms. The highest BCUT2D eigenvalue weighted by atomic mass is 15.3. The van der Waals surface area contributed by atoms with Crippen molar-refractivity contribution >= 4 is 22.3 Å². The number of nitrogens with one attached hydrogen (secondary N) is 2. The van der Waals surface area contributed by atoms with E-state index in [1.54, 1.807) is 0 Å². The van der Waals surface area contributed by atoms with Gasteiger partial charge in [-0.3, -0.25) is 14.7 Å². The van der Waals surface area contributed by atoms with E-state index in [1.807, 2.05) is 10.9 Å². The van der Waals surface area contributed by atoms with E-state index in [0.717, 1.165) is 45.7 Å². The van der Waals surface area contributed by atoms with Crippen LogP contribution in [0.25, 0.3) is 27.7 Å². The number of nitrogens with zero attached hydrogens (tertiary/aromatic N) is 4. The number of aromatic nitrogens is 4. The molecule has 1 saturated heterocycles. The summed E-state index contributed by atoms with van der Waals surface area (Å²) in [5.41, 5.74) is 7.18. The maximum absolute atomic E-state index is 4.53. The Morgan fingerprint density at radius 1 is 1.09 bits per heavy atom. The highest BCUT2D eigenvalue weighted by Crippen LogP contribution is 2.29. The Hall–Kier alpha value is -3.38. The molecule has 0 spiro atoms. The van der Waals surface area contributed by atoms with Crippen molar-refractivity contribution in [3.05, 3.63) is 72.7 Å². The molecule has 3 heterocycles. The Morgan fingerprint density at radius 3 is 2.59 bits per heavy atom. The summed E-state index contributed by atoms with van der Waals surface area (Å²) in [4.78, 5) is 2.51. The summed E-state index contributed by atoms with van der Waals surface area (Å²) in [6.07, 6.45) is 6.64. The molecule has 6 heteroatoms. The summed E-state index contributed by atoms with van der Waals surface area (Å²) in [5, 5.41) is 16.6. The normalized spacial score (nSPS) is 14.5. The molecule has 4 aromatic rings. The SMILES string of the molecule is C=C(Nc1ccc(CN2CCCC2)cc1)c1n[nH]c2ccc(-c3cnn(C(C)C)c3)cc12. The van der Waals surface area contributed by atoms with Crippen LogP contribution in [0, 0.1) is 0 Å². The van der Waals surface area contributed by atoms with Crippen LogP contribution < -0.4 is 5.32 Å². The molecule has 0 aliphatic carbocycles. The van der Waals surface area contributed by atoms with Crippen LogP contribution >= 0.6 is 0 Å². The predicted octanol–water partition coefficient (Wildman–Crippen LogP) is 5.69. The van der Waals surface area contributed by atoms with E-state index < -0.39 is 0 Å². The van der Waals surface area contributed by atoms with E-state index >= 15 is 0 Å². The summed E-state index contributed by atoms with van der Waals surface area (Å²) in [6, 6.07) is 15.3. The van der Waals surface area contributed by atoms with E-state index in [1.165, 1.54) is 31.5 Å². The van der Waals surface area contributed by atoms with Gasteiger partial charge in [0, 0.05) is 35.4 Å². The molecule has 0 amide bonds. The minimum Gasteiger partial charge on any atom is -0.354 e. The minimum atomic E-state index is 0.336. The van der Waals surface area contributed by atoms with Gasteiger partial charge in [-0.25, -0.2) is 0 Å². The number of hydrogen-bond acceptors (Lipinski definition) is 4. The molecule has 2 aromatic heterocycles. The number of rotatable bonds is 7. The third-order valence-electron chi connectivity index (χ3n) is 6.17. The smallest absolute Gasteiger partial charge is 0.116 e. The van der Waals surface area contributed by atoms with E-state index in [-0.39, 0.29) is 0 Å². The van der Waals surface area contributed by atoms with Crippen LogP contribution in [0.3, 0.4) is 0 Å². The van der Waals surface area contributed by atoms with Crippen LogP contribution in [-0.4, -0.2) is 38.0 Å². The molecule has 0 saturated carbocycles. The number of likely N-dealkylation sites (tertiary alicyclic amines) is 1. The van der Waals surface area contributed by atoms with Crippen molar-refractivity contribution in [3.8, 4) is 11.1 Å². The fraction of sp³-hybridized carbons (Fsp3) is 0.308. The van der Waals surface area contributed by atoms with Gasteiger partial charge in [-0.15, -0.1) is 0 Å². The van der Waals surface area contributed by atoms with E-state index in [0.29, 0.717) is 6.04 Å². The number of aromatic amines is 1. The van der Waals surface area contributed by atoms with Gasteiger partial charge in [-0.05, 0) is 75.2 Å². The fourth-order valence-corrected chi connectivity index (χ4v) is 4.32. The first-order valence-electron chi connectivity index (χ1n) is 11.4. The third-order valence-corrected chi connectivity index (χ3v) is 6.17. The molecule has 32 heavy (non-hydrogen) atoms. The van der Waals surface area contributed by atoms with Gasteiger partial charge in [-0.1, -0.05) is 24.8 Å². The molecule has 2 aromatic carbocycles. The Balaban J connectivity index is 1.33. The van der Waals surface area contributed by atoms with Gasteiger partial charge >= 0.3 is 0 Å². The molecule has 1 aliphatic rings. The molecule has 1 aliphatic heterocycles. The highest BCUT2D eigenvalue weighted by Gasteiger charge is 2.13. The summed E-state index contributed by atoms with van der Waals surface area (Å²) in [7, 11) is 0. The number of benzene rings is 2. The lowest BCUT2D eigenvalue weighted by Gasteiger charge is -2.15. The Labute approximate surface area is 188 Å². The monoisotopic (exact) mass is 426 g/mol. The molecule has 0 atom stereocenters. The summed E-state index contributed by atoms with van der Waals surface area (Å²) < 4.78 is 1.98. The van der Waals surface area contributed by atoms with Crippen LogP contribution in [0.1, 0.15) is 44.0 Å². The summed E-state index contributed by atoms with van der Waals surface area (Å²) in [5.74, 6) is 0. The zero-order valence-electron chi connectivity index (χ0n) is 18.8. The highest BCUT2D eigenvalue weighted by molar-refractivity contribution is 5.94. The van der Waals surface area contributed by atoms with Gasteiger partial charge < -0.3 is 5.32 Å². The molecule has 1 fully saturated rings. The number of anilines is 1. The molecule has 0 unspecified atom stereocenters. The largest absolute Gasteiger partial charge is 0.354 e. The predicted molar refractivity (Wildman–Crippen MR) is 131 cm³/mol. The lowest BCUT2D eigenvalue weighted by Crippen LogP contribution is -2.18. The fourth-order valence-electron chi connectivity index (χ4n) is 4.32. The van der Waals surface area contributed by atoms with E-state index in [9.17, 15) is 0 Å². The van der Waals surface area contributed by atoms with Gasteiger partial charge in [-0.2, -0.15) is 10.2 Å². The van der Waals surface area contributed by atoms with Crippen LogP contribution in [0.15, 0.2) is 61.4 Å². The average Bonchev–Trinajstić information content (AvgIpc) is 3.55. The van der Waals surface area contributed by atoms with Crippen LogP contribution in [0.5, 0.6) is 0 Å². The summed E-state index contributed by atoms with van der Waals surface area (Å²) >= 11 is 0. The Bertz CT molecular complexity index is 1220. The molecule has 6 nitrogen and oxygen atoms in total. The van der Waals surface area contributed by atoms with Crippen molar-refractivity contribution in [1.82, 2.24) is 24.9 Å². The van der Waals surface area contributed by atoms with Gasteiger partial charge in [0.1, 0.15) is 5.69 Å². The Kier molecular flexibility index (Phi) is 5.53. The first kappa shape index (κ1) is 20.5. The Morgan fingerprint density at radius 2 is 1.88 bits per heavy atom. The second-order valence-electron chi connectivity index (χ2n) is 8.92. The maximum Gasteiger partial charge on any atom is 0.116 e. The standard InChI is InChI=1S/C26H30N6/c1-18(2)32-17-22(15-27-32)21-8-11-25-24(14-21)26(30-29-25)19(3)28-23-9-6-20(7-10-23)16-31-12-4-5-13-31/h6-11,14-15,17-18,28H,3-5,12-13,16H2,1-2H3,(H,29,30). The van der Waals surface area contributed by atoms with Gasteiger partial charge in [0.05, 0.1) is 17.4 Å². The van der Waals surface area contributed by atoms with Gasteiger partial charge in [0.25, 0.3) is 0 Å². The van der Waals surface area contributed by atoms with E-state index in [4.69, 9.17) is 0 Å². The van der Waals surface area contributed by atoms with Gasteiger partial charge in [0.15, 0.2) is 0 Å². The topological polar surface area (TPSA) is 61.8 Å². The van der Waals surface area contributed by atoms with E-state index in [2.05, 4.69) is 94.6 Å². The molecule has 2 N–H and O–H groups in total. The van der Waals surface area contributed by atoms with Gasteiger partial charge in [0.2, 0.25) is 0 Å². The first-order valence-corrected chi connectivity index (χ1v) is 11.4. The number of fused-ring (bicyclic) bond motifs is 1. The third kappa shape index (κ3) is 4.18. The first-order chi connectivity index (χ1) is 15.6. The second-order valence-corrected chi connectivity index (χ2v) is 8.92. The molecular weight excluding hydrogens is 396 g/mol. The average molecular weight is 427 g/mol. The van der Waals surface area contributed by atoms with Crippen molar-refractivity contribution in [2.24, 2.45) is 0 Å².